The molecule has 3 unspecified atom stereocenters. The number of carbonyl (C=O) groups excluding carboxylic acids is 1. The molecule has 1 aliphatic heterocycles. The molecule has 0 bridgehead atoms. The Labute approximate surface area is 136 Å². The Bertz CT molecular complexity index is 346. The smallest absolute Gasteiger partial charge is 0.356 e. The molecule has 2 rings (SSSR count). The van der Waals surface area contributed by atoms with Gasteiger partial charge >= 0.3 is 6.18 Å². The maximum absolute atomic E-state index is 12.7. The molecule has 2 N–H and O–H groups in total. The Morgan fingerprint density at radius 3 is 2.59 bits per heavy atom. The summed E-state index contributed by atoms with van der Waals surface area (Å²) in [5, 5.41) is 6.16. The SMILES string of the molecule is Cl.O=C(NCCC1CCCNC1)C1CCCC(C(F)(F)F)C1. The van der Waals surface area contributed by atoms with Gasteiger partial charge in [0.1, 0.15) is 0 Å². The van der Waals surface area contributed by atoms with Gasteiger partial charge in [0.2, 0.25) is 5.91 Å². The molecule has 2 aliphatic rings. The molecule has 0 aromatic rings. The zero-order valence-corrected chi connectivity index (χ0v) is 13.6. The zero-order valence-electron chi connectivity index (χ0n) is 12.8. The topological polar surface area (TPSA) is 41.1 Å². The third-order valence-corrected chi connectivity index (χ3v) is 4.76. The molecule has 3 nitrogen and oxygen atoms in total. The average Bonchev–Trinajstić information content (AvgIpc) is 2.47. The quantitative estimate of drug-likeness (QED) is 0.823. The molecule has 3 atom stereocenters. The number of halogens is 4. The van der Waals surface area contributed by atoms with Gasteiger partial charge in [-0.05, 0) is 57.5 Å². The van der Waals surface area contributed by atoms with Gasteiger partial charge < -0.3 is 10.6 Å². The van der Waals surface area contributed by atoms with Crippen molar-refractivity contribution in [3.63, 3.8) is 0 Å². The second-order valence-corrected chi connectivity index (χ2v) is 6.39. The van der Waals surface area contributed by atoms with Gasteiger partial charge in [-0.3, -0.25) is 4.79 Å². The predicted octanol–water partition coefficient (Wildman–Crippen LogP) is 3.28. The number of amides is 1. The minimum atomic E-state index is -4.16. The van der Waals surface area contributed by atoms with Crippen LogP contribution in [0.1, 0.15) is 44.9 Å². The molecule has 2 fully saturated rings. The largest absolute Gasteiger partial charge is 0.391 e. The number of hydrogen-bond acceptors (Lipinski definition) is 2. The normalized spacial score (nSPS) is 29.5. The van der Waals surface area contributed by atoms with Crippen LogP contribution >= 0.6 is 12.4 Å². The van der Waals surface area contributed by atoms with Gasteiger partial charge in [-0.2, -0.15) is 13.2 Å². The van der Waals surface area contributed by atoms with Crippen molar-refractivity contribution in [3.8, 4) is 0 Å². The molecule has 0 aromatic carbocycles. The Morgan fingerprint density at radius 1 is 1.18 bits per heavy atom. The molecule has 0 spiro atoms. The van der Waals surface area contributed by atoms with E-state index in [1.807, 2.05) is 0 Å². The van der Waals surface area contributed by atoms with Crippen molar-refractivity contribution in [2.75, 3.05) is 19.6 Å². The summed E-state index contributed by atoms with van der Waals surface area (Å²) in [5.74, 6) is -1.37. The maximum atomic E-state index is 12.7. The minimum absolute atomic E-state index is 0. The van der Waals surface area contributed by atoms with Gasteiger partial charge in [-0.15, -0.1) is 12.4 Å². The first-order valence-corrected chi connectivity index (χ1v) is 8.02. The maximum Gasteiger partial charge on any atom is 0.391 e. The van der Waals surface area contributed by atoms with Crippen LogP contribution < -0.4 is 10.6 Å². The Morgan fingerprint density at radius 2 is 1.95 bits per heavy atom. The fourth-order valence-electron chi connectivity index (χ4n) is 3.44. The molecule has 22 heavy (non-hydrogen) atoms. The molecule has 7 heteroatoms. The highest BCUT2D eigenvalue weighted by Gasteiger charge is 2.43. The molecular formula is C15H26ClF3N2O. The Kier molecular flexibility index (Phi) is 7.97. The van der Waals surface area contributed by atoms with Crippen LogP contribution in [0.15, 0.2) is 0 Å². The van der Waals surface area contributed by atoms with E-state index in [1.165, 1.54) is 6.42 Å². The number of nitrogens with one attached hydrogen (secondary N) is 2. The third kappa shape index (κ3) is 5.95. The fourth-order valence-corrected chi connectivity index (χ4v) is 3.44. The van der Waals surface area contributed by atoms with Gasteiger partial charge in [-0.1, -0.05) is 6.42 Å². The fraction of sp³-hybridized carbons (Fsp3) is 0.933. The van der Waals surface area contributed by atoms with E-state index in [0.717, 1.165) is 25.9 Å². The molecule has 1 amide bonds. The average molecular weight is 343 g/mol. The van der Waals surface area contributed by atoms with Crippen LogP contribution in [0.4, 0.5) is 13.2 Å². The van der Waals surface area contributed by atoms with Gasteiger partial charge in [0, 0.05) is 12.5 Å². The summed E-state index contributed by atoms with van der Waals surface area (Å²) in [6.45, 7) is 2.62. The first kappa shape index (κ1) is 19.6. The third-order valence-electron chi connectivity index (χ3n) is 4.76. The standard InChI is InChI=1S/C15H25F3N2O.ClH/c16-15(17,18)13-5-1-4-12(9-13)14(21)20-8-6-11-3-2-7-19-10-11;/h11-13,19H,1-10H2,(H,20,21);1H. The van der Waals surface area contributed by atoms with Crippen molar-refractivity contribution in [3.05, 3.63) is 0 Å². The summed E-state index contributed by atoms with van der Waals surface area (Å²) in [5.41, 5.74) is 0. The summed E-state index contributed by atoms with van der Waals surface area (Å²) in [7, 11) is 0. The van der Waals surface area contributed by atoms with Gasteiger partial charge in [-0.25, -0.2) is 0 Å². The Balaban J connectivity index is 0.00000242. The predicted molar refractivity (Wildman–Crippen MR) is 82.0 cm³/mol. The van der Waals surface area contributed by atoms with E-state index in [-0.39, 0.29) is 31.2 Å². The lowest BCUT2D eigenvalue weighted by Crippen LogP contribution is -2.39. The number of alkyl halides is 3. The summed E-state index contributed by atoms with van der Waals surface area (Å²) in [6, 6.07) is 0. The van der Waals surface area contributed by atoms with Crippen molar-refractivity contribution in [2.45, 2.75) is 51.1 Å². The van der Waals surface area contributed by atoms with Crippen molar-refractivity contribution in [2.24, 2.45) is 17.8 Å². The molecular weight excluding hydrogens is 317 g/mol. The molecule has 0 aromatic heterocycles. The molecule has 1 aliphatic carbocycles. The molecule has 1 heterocycles. The van der Waals surface area contributed by atoms with E-state index < -0.39 is 18.0 Å². The van der Waals surface area contributed by atoms with Crippen LogP contribution in [-0.2, 0) is 4.79 Å². The zero-order chi connectivity index (χ0) is 15.3. The first-order chi connectivity index (χ1) is 9.97. The van der Waals surface area contributed by atoms with Crippen molar-refractivity contribution in [1.82, 2.24) is 10.6 Å². The molecule has 1 saturated heterocycles. The van der Waals surface area contributed by atoms with E-state index in [9.17, 15) is 18.0 Å². The summed E-state index contributed by atoms with van der Waals surface area (Å²) in [4.78, 5) is 12.0. The lowest BCUT2D eigenvalue weighted by molar-refractivity contribution is -0.186. The van der Waals surface area contributed by atoms with Crippen LogP contribution in [0.25, 0.3) is 0 Å². The van der Waals surface area contributed by atoms with E-state index in [0.29, 0.717) is 25.3 Å². The number of carbonyl (C=O) groups is 1. The highest BCUT2D eigenvalue weighted by Crippen LogP contribution is 2.39. The van der Waals surface area contributed by atoms with Crippen molar-refractivity contribution < 1.29 is 18.0 Å². The number of hydrogen-bond donors (Lipinski definition) is 2. The second kappa shape index (κ2) is 8.96. The van der Waals surface area contributed by atoms with E-state index in [2.05, 4.69) is 10.6 Å². The van der Waals surface area contributed by atoms with Gasteiger partial charge in [0.15, 0.2) is 0 Å². The second-order valence-electron chi connectivity index (χ2n) is 6.39. The number of rotatable bonds is 4. The summed E-state index contributed by atoms with van der Waals surface area (Å²) < 4.78 is 38.2. The van der Waals surface area contributed by atoms with E-state index in [1.54, 1.807) is 0 Å². The van der Waals surface area contributed by atoms with Crippen LogP contribution in [-0.4, -0.2) is 31.7 Å². The van der Waals surface area contributed by atoms with Crippen LogP contribution in [0.2, 0.25) is 0 Å². The van der Waals surface area contributed by atoms with Crippen molar-refractivity contribution in [1.29, 1.82) is 0 Å². The molecule has 0 radical (unpaired) electrons. The highest BCUT2D eigenvalue weighted by molar-refractivity contribution is 5.85. The summed E-state index contributed by atoms with van der Waals surface area (Å²) in [6.07, 6.45) is 0.289. The van der Waals surface area contributed by atoms with Gasteiger partial charge in [0.25, 0.3) is 0 Å². The van der Waals surface area contributed by atoms with E-state index in [4.69, 9.17) is 0 Å². The van der Waals surface area contributed by atoms with Crippen LogP contribution in [0.3, 0.4) is 0 Å². The Hall–Kier alpha value is -0.490. The highest BCUT2D eigenvalue weighted by atomic mass is 35.5. The van der Waals surface area contributed by atoms with Crippen LogP contribution in [0.5, 0.6) is 0 Å². The first-order valence-electron chi connectivity index (χ1n) is 8.02. The lowest BCUT2D eigenvalue weighted by Gasteiger charge is -2.30. The molecule has 130 valence electrons. The number of piperidine rings is 1. The lowest BCUT2D eigenvalue weighted by atomic mass is 9.80. The van der Waals surface area contributed by atoms with E-state index >= 15 is 0 Å². The monoisotopic (exact) mass is 342 g/mol. The minimum Gasteiger partial charge on any atom is -0.356 e. The van der Waals surface area contributed by atoms with Gasteiger partial charge in [0.05, 0.1) is 5.92 Å². The van der Waals surface area contributed by atoms with Crippen LogP contribution in [0, 0.1) is 17.8 Å². The molecule has 1 saturated carbocycles. The van der Waals surface area contributed by atoms with Crippen molar-refractivity contribution >= 4 is 18.3 Å². The summed E-state index contributed by atoms with van der Waals surface area (Å²) >= 11 is 0.